The molecule has 0 atom stereocenters. The Labute approximate surface area is 157 Å². The van der Waals surface area contributed by atoms with Gasteiger partial charge >= 0.3 is 0 Å². The smallest absolute Gasteiger partial charge is 0.230 e. The number of hydrogen-bond donors (Lipinski definition) is 3. The quantitative estimate of drug-likeness (QED) is 0.704. The summed E-state index contributed by atoms with van der Waals surface area (Å²) in [4.78, 5) is 23.3. The summed E-state index contributed by atoms with van der Waals surface area (Å²) < 4.78 is 5.09. The minimum Gasteiger partial charge on any atom is -0.497 e. The van der Waals surface area contributed by atoms with E-state index in [-0.39, 0.29) is 23.3 Å². The number of ether oxygens (including phenoxy) is 1. The van der Waals surface area contributed by atoms with Crippen molar-refractivity contribution in [1.29, 1.82) is 0 Å². The zero-order valence-corrected chi connectivity index (χ0v) is 15.7. The number of thiocarbonyl (C=S) groups is 1. The lowest BCUT2D eigenvalue weighted by atomic mass is 10.1. The van der Waals surface area contributed by atoms with Gasteiger partial charge in [0.15, 0.2) is 5.11 Å². The summed E-state index contributed by atoms with van der Waals surface area (Å²) >= 11 is 5.18. The largest absolute Gasteiger partial charge is 0.497 e. The summed E-state index contributed by atoms with van der Waals surface area (Å²) in [7, 11) is 1.59. The number of anilines is 2. The number of rotatable bonds is 5. The van der Waals surface area contributed by atoms with E-state index in [0.717, 1.165) is 16.9 Å². The van der Waals surface area contributed by atoms with Crippen molar-refractivity contribution in [3.63, 3.8) is 0 Å². The van der Waals surface area contributed by atoms with Crippen LogP contribution in [-0.2, 0) is 16.0 Å². The molecule has 0 saturated heterocycles. The molecule has 0 aliphatic carbocycles. The molecule has 0 radical (unpaired) electrons. The van der Waals surface area contributed by atoms with Gasteiger partial charge in [0.05, 0.1) is 13.5 Å². The molecule has 3 N–H and O–H groups in total. The van der Waals surface area contributed by atoms with Gasteiger partial charge in [0.2, 0.25) is 11.8 Å². The lowest BCUT2D eigenvalue weighted by Crippen LogP contribution is -2.35. The van der Waals surface area contributed by atoms with Gasteiger partial charge in [0, 0.05) is 18.3 Å². The first kappa shape index (κ1) is 19.4. The zero-order valence-electron chi connectivity index (χ0n) is 14.9. The molecule has 26 heavy (non-hydrogen) atoms. The number of hydrogen-bond acceptors (Lipinski definition) is 4. The molecular formula is C19H21N3O3S. The van der Waals surface area contributed by atoms with Crippen molar-refractivity contribution in [3.05, 3.63) is 53.6 Å². The van der Waals surface area contributed by atoms with Gasteiger partial charge in [-0.05, 0) is 54.5 Å². The highest BCUT2D eigenvalue weighted by atomic mass is 32.1. The third-order valence-electron chi connectivity index (χ3n) is 3.58. The molecule has 0 unspecified atom stereocenters. The number of nitrogens with one attached hydrogen (secondary N) is 3. The topological polar surface area (TPSA) is 79.5 Å². The molecule has 136 valence electrons. The van der Waals surface area contributed by atoms with Crippen LogP contribution in [0.2, 0.25) is 0 Å². The van der Waals surface area contributed by atoms with E-state index < -0.39 is 0 Å². The third-order valence-corrected chi connectivity index (χ3v) is 3.79. The second-order valence-electron chi connectivity index (χ2n) is 5.74. The van der Waals surface area contributed by atoms with Crippen LogP contribution in [0.4, 0.5) is 11.4 Å². The summed E-state index contributed by atoms with van der Waals surface area (Å²) in [6.07, 6.45) is 0.205. The predicted octanol–water partition coefficient (Wildman–Crippen LogP) is 3.02. The van der Waals surface area contributed by atoms with Crippen LogP contribution in [0.5, 0.6) is 5.75 Å². The SMILES string of the molecule is COc1ccc(CC(=O)NC(=S)Nc2ccc(C)c(NC(C)=O)c2)cc1. The average Bonchev–Trinajstić information content (AvgIpc) is 2.58. The Bertz CT molecular complexity index is 819. The van der Waals surface area contributed by atoms with E-state index in [0.29, 0.717) is 11.4 Å². The fraction of sp³-hybridized carbons (Fsp3) is 0.211. The highest BCUT2D eigenvalue weighted by molar-refractivity contribution is 7.80. The monoisotopic (exact) mass is 371 g/mol. The van der Waals surface area contributed by atoms with Crippen LogP contribution >= 0.6 is 12.2 Å². The molecule has 0 spiro atoms. The van der Waals surface area contributed by atoms with Gasteiger partial charge in [-0.2, -0.15) is 0 Å². The minimum absolute atomic E-state index is 0.152. The Kier molecular flexibility index (Phi) is 6.68. The number of carbonyl (C=O) groups is 2. The summed E-state index contributed by atoms with van der Waals surface area (Å²) in [6.45, 7) is 3.34. The Hall–Kier alpha value is -2.93. The first-order chi connectivity index (χ1) is 12.4. The summed E-state index contributed by atoms with van der Waals surface area (Å²) in [5.74, 6) is 0.364. The molecule has 6 nitrogen and oxygen atoms in total. The van der Waals surface area contributed by atoms with Crippen molar-refractivity contribution in [2.24, 2.45) is 0 Å². The van der Waals surface area contributed by atoms with Crippen LogP contribution in [0.25, 0.3) is 0 Å². The summed E-state index contributed by atoms with van der Waals surface area (Å²) in [5.41, 5.74) is 3.15. The molecule has 0 aliphatic rings. The number of aryl methyl sites for hydroxylation is 1. The van der Waals surface area contributed by atoms with E-state index in [4.69, 9.17) is 17.0 Å². The number of carbonyl (C=O) groups excluding carboxylic acids is 2. The third kappa shape index (κ3) is 5.86. The van der Waals surface area contributed by atoms with Gasteiger partial charge in [-0.1, -0.05) is 18.2 Å². The van der Waals surface area contributed by atoms with Gasteiger partial charge < -0.3 is 20.7 Å². The van der Waals surface area contributed by atoms with Crippen molar-refractivity contribution in [2.75, 3.05) is 17.7 Å². The molecule has 0 fully saturated rings. The number of amides is 2. The molecule has 0 aliphatic heterocycles. The Morgan fingerprint density at radius 2 is 1.77 bits per heavy atom. The van der Waals surface area contributed by atoms with Crippen LogP contribution in [-0.4, -0.2) is 24.0 Å². The highest BCUT2D eigenvalue weighted by Gasteiger charge is 2.08. The lowest BCUT2D eigenvalue weighted by molar-refractivity contribution is -0.119. The predicted molar refractivity (Wildman–Crippen MR) is 107 cm³/mol. The van der Waals surface area contributed by atoms with Crippen molar-refractivity contribution < 1.29 is 14.3 Å². The van der Waals surface area contributed by atoms with E-state index in [1.807, 2.05) is 31.2 Å². The molecule has 7 heteroatoms. The summed E-state index contributed by atoms with van der Waals surface area (Å²) in [6, 6.07) is 12.7. The van der Waals surface area contributed by atoms with E-state index in [1.165, 1.54) is 6.92 Å². The molecule has 2 aromatic carbocycles. The van der Waals surface area contributed by atoms with Crippen molar-refractivity contribution in [3.8, 4) is 5.75 Å². The van der Waals surface area contributed by atoms with Crippen molar-refractivity contribution >= 4 is 40.5 Å². The van der Waals surface area contributed by atoms with Gasteiger partial charge in [0.1, 0.15) is 5.75 Å². The molecule has 0 bridgehead atoms. The maximum atomic E-state index is 12.1. The van der Waals surface area contributed by atoms with Crippen LogP contribution < -0.4 is 20.7 Å². The standard InChI is InChI=1S/C19H21N3O3S/c1-12-4-7-15(11-17(12)20-13(2)23)21-19(26)22-18(24)10-14-5-8-16(25-3)9-6-14/h4-9,11H,10H2,1-3H3,(H,20,23)(H2,21,22,24,26). The van der Waals surface area contributed by atoms with Crippen LogP contribution in [0, 0.1) is 6.92 Å². The molecule has 0 aromatic heterocycles. The molecule has 0 saturated carbocycles. The Morgan fingerprint density at radius 1 is 1.08 bits per heavy atom. The Balaban J connectivity index is 1.93. The van der Waals surface area contributed by atoms with E-state index in [9.17, 15) is 9.59 Å². The maximum Gasteiger partial charge on any atom is 0.230 e. The van der Waals surface area contributed by atoms with Crippen molar-refractivity contribution in [1.82, 2.24) is 5.32 Å². The van der Waals surface area contributed by atoms with Gasteiger partial charge in [-0.25, -0.2) is 0 Å². The van der Waals surface area contributed by atoms with Gasteiger partial charge in [-0.3, -0.25) is 9.59 Å². The normalized spacial score (nSPS) is 9.96. The first-order valence-electron chi connectivity index (χ1n) is 7.99. The first-order valence-corrected chi connectivity index (χ1v) is 8.40. The average molecular weight is 371 g/mol. The molecular weight excluding hydrogens is 350 g/mol. The van der Waals surface area contributed by atoms with Gasteiger partial charge in [0.25, 0.3) is 0 Å². The number of benzene rings is 2. The molecule has 2 amide bonds. The van der Waals surface area contributed by atoms with E-state index in [2.05, 4.69) is 16.0 Å². The van der Waals surface area contributed by atoms with Gasteiger partial charge in [-0.15, -0.1) is 0 Å². The van der Waals surface area contributed by atoms with Crippen molar-refractivity contribution in [2.45, 2.75) is 20.3 Å². The van der Waals surface area contributed by atoms with E-state index in [1.54, 1.807) is 25.3 Å². The van der Waals surface area contributed by atoms with E-state index >= 15 is 0 Å². The molecule has 2 aromatic rings. The fourth-order valence-corrected chi connectivity index (χ4v) is 2.52. The second-order valence-corrected chi connectivity index (χ2v) is 6.15. The highest BCUT2D eigenvalue weighted by Crippen LogP contribution is 2.20. The maximum absolute atomic E-state index is 12.1. The number of methoxy groups -OCH3 is 1. The molecule has 2 rings (SSSR count). The van der Waals surface area contributed by atoms with Crippen LogP contribution in [0.1, 0.15) is 18.1 Å². The fourth-order valence-electron chi connectivity index (χ4n) is 2.29. The lowest BCUT2D eigenvalue weighted by Gasteiger charge is -2.12. The van der Waals surface area contributed by atoms with Crippen LogP contribution in [0.3, 0.4) is 0 Å². The Morgan fingerprint density at radius 3 is 2.38 bits per heavy atom. The minimum atomic E-state index is -0.220. The zero-order chi connectivity index (χ0) is 19.1. The summed E-state index contributed by atoms with van der Waals surface area (Å²) in [5, 5.41) is 8.53. The molecule has 0 heterocycles. The van der Waals surface area contributed by atoms with Crippen LogP contribution in [0.15, 0.2) is 42.5 Å². The second kappa shape index (κ2) is 8.96.